The molecule has 0 aliphatic carbocycles. The van der Waals surface area contributed by atoms with Gasteiger partial charge in [-0.05, 0) is 48.9 Å². The maximum Gasteiger partial charge on any atom is 0.248 e. The second-order valence-corrected chi connectivity index (χ2v) is 17.7. The summed E-state index contributed by atoms with van der Waals surface area (Å²) < 4.78 is 13.8. The molecule has 1 aromatic carbocycles. The van der Waals surface area contributed by atoms with E-state index in [9.17, 15) is 4.79 Å². The van der Waals surface area contributed by atoms with Crippen molar-refractivity contribution in [2.24, 2.45) is 0 Å². The lowest BCUT2D eigenvalue weighted by atomic mass is 10.2. The minimum absolute atomic E-state index is 0.119. The van der Waals surface area contributed by atoms with Crippen LogP contribution in [0.4, 0.5) is 0 Å². The van der Waals surface area contributed by atoms with Crippen LogP contribution in [0.1, 0.15) is 12.1 Å². The molecule has 11 heteroatoms. The molecule has 5 rings (SSSR count). The van der Waals surface area contributed by atoms with Gasteiger partial charge in [0.1, 0.15) is 19.1 Å². The van der Waals surface area contributed by atoms with Crippen LogP contribution < -0.4 is 4.74 Å². The summed E-state index contributed by atoms with van der Waals surface area (Å²) in [5.41, 5.74) is 3.77. The van der Waals surface area contributed by atoms with Gasteiger partial charge in [-0.1, -0.05) is 25.7 Å². The maximum atomic E-state index is 11.8. The topological polar surface area (TPSA) is 106 Å². The van der Waals surface area contributed by atoms with E-state index in [0.29, 0.717) is 24.9 Å². The third-order valence-corrected chi connectivity index (χ3v) is 9.31. The molecule has 0 bridgehead atoms. The predicted molar refractivity (Wildman–Crippen MR) is 165 cm³/mol. The smallest absolute Gasteiger partial charge is 0.248 e. The number of aliphatic hydroxyl groups is 1. The van der Waals surface area contributed by atoms with Crippen LogP contribution in [-0.2, 0) is 22.8 Å². The van der Waals surface area contributed by atoms with Crippen LogP contribution in [0.5, 0.6) is 11.6 Å². The van der Waals surface area contributed by atoms with Crippen LogP contribution in [0.25, 0.3) is 22.2 Å². The molecule has 1 amide bonds. The van der Waals surface area contributed by atoms with Crippen molar-refractivity contribution in [2.45, 2.75) is 51.4 Å². The summed E-state index contributed by atoms with van der Waals surface area (Å²) >= 11 is 0. The maximum absolute atomic E-state index is 11.8. The average molecular weight is 589 g/mol. The number of likely N-dealkylation sites (tertiary alicyclic amines) is 1. The lowest BCUT2D eigenvalue weighted by Crippen LogP contribution is -2.40. The number of carbonyl (C=O) groups excluding carboxylic acids is 1. The molecule has 0 unspecified atom stereocenters. The SMILES string of the molecule is CN(C(=O)CO)[C@@H]1CCN(Cc2ccc3cc(Oc4ccc(-c5ccnn5COCC[Si](C)(C)C)cn4)ccc3n2)C1. The zero-order chi connectivity index (χ0) is 29.7. The second-order valence-electron chi connectivity index (χ2n) is 12.0. The number of amides is 1. The van der Waals surface area contributed by atoms with Gasteiger partial charge in [-0.25, -0.2) is 9.67 Å². The fraction of sp³-hybridized carbons (Fsp3) is 0.419. The summed E-state index contributed by atoms with van der Waals surface area (Å²) in [6.45, 7) is 10.1. The molecule has 0 radical (unpaired) electrons. The highest BCUT2D eigenvalue weighted by molar-refractivity contribution is 6.76. The number of ether oxygens (including phenoxy) is 2. The van der Waals surface area contributed by atoms with Gasteiger partial charge in [-0.15, -0.1) is 0 Å². The van der Waals surface area contributed by atoms with Crippen molar-refractivity contribution >= 4 is 24.9 Å². The van der Waals surface area contributed by atoms with E-state index in [4.69, 9.17) is 19.6 Å². The highest BCUT2D eigenvalue weighted by Crippen LogP contribution is 2.27. The van der Waals surface area contributed by atoms with Crippen LogP contribution in [0.2, 0.25) is 25.7 Å². The summed E-state index contributed by atoms with van der Waals surface area (Å²) in [5, 5.41) is 14.5. The largest absolute Gasteiger partial charge is 0.439 e. The molecule has 1 N–H and O–H groups in total. The van der Waals surface area contributed by atoms with Crippen molar-refractivity contribution in [3.63, 3.8) is 0 Å². The lowest BCUT2D eigenvalue weighted by molar-refractivity contribution is -0.134. The standard InChI is InChI=1S/C31H40N6O4Si/c1-35(31(39)21-38)26-12-14-36(20-26)19-25-7-5-23-17-27(8-9-28(23)34-25)41-30-10-6-24(18-32-30)29-11-13-33-37(29)22-40-15-16-42(2,3)4/h5-11,13,17-18,26,38H,12,14-16,19-22H2,1-4H3/t26-/m1/s1. The summed E-state index contributed by atoms with van der Waals surface area (Å²) in [7, 11) is 0.628. The summed E-state index contributed by atoms with van der Waals surface area (Å²) in [6.07, 6.45) is 4.46. The normalized spacial score (nSPS) is 15.8. The average Bonchev–Trinajstić information content (AvgIpc) is 3.64. The number of hydrogen-bond acceptors (Lipinski definition) is 8. The minimum atomic E-state index is -1.13. The summed E-state index contributed by atoms with van der Waals surface area (Å²) in [4.78, 5) is 25.1. The zero-order valence-electron chi connectivity index (χ0n) is 24.9. The Balaban J connectivity index is 1.17. The van der Waals surface area contributed by atoms with E-state index in [1.165, 1.54) is 0 Å². The number of benzene rings is 1. The Morgan fingerprint density at radius 2 is 2.00 bits per heavy atom. The van der Waals surface area contributed by atoms with Gasteiger partial charge in [0.15, 0.2) is 0 Å². The van der Waals surface area contributed by atoms with Crippen molar-refractivity contribution < 1.29 is 19.4 Å². The van der Waals surface area contributed by atoms with Gasteiger partial charge in [-0.2, -0.15) is 5.10 Å². The van der Waals surface area contributed by atoms with E-state index in [2.05, 4.69) is 40.7 Å². The molecule has 4 aromatic rings. The highest BCUT2D eigenvalue weighted by Gasteiger charge is 2.28. The molecular weight excluding hydrogens is 548 g/mol. The Morgan fingerprint density at radius 1 is 1.14 bits per heavy atom. The van der Waals surface area contributed by atoms with Gasteiger partial charge in [0.05, 0.1) is 16.9 Å². The second kappa shape index (κ2) is 13.1. The van der Waals surface area contributed by atoms with E-state index in [0.717, 1.165) is 60.0 Å². The van der Waals surface area contributed by atoms with Crippen molar-refractivity contribution in [2.75, 3.05) is 33.4 Å². The quantitative estimate of drug-likeness (QED) is 0.189. The van der Waals surface area contributed by atoms with Crippen LogP contribution in [-0.4, -0.2) is 88.0 Å². The fourth-order valence-electron chi connectivity index (χ4n) is 5.04. The van der Waals surface area contributed by atoms with E-state index >= 15 is 0 Å². The summed E-state index contributed by atoms with van der Waals surface area (Å²) in [5.74, 6) is 0.960. The fourth-order valence-corrected chi connectivity index (χ4v) is 5.79. The molecule has 4 heterocycles. The first-order valence-electron chi connectivity index (χ1n) is 14.4. The first-order chi connectivity index (χ1) is 20.2. The van der Waals surface area contributed by atoms with Gasteiger partial charge in [0.2, 0.25) is 11.8 Å². The van der Waals surface area contributed by atoms with Gasteiger partial charge >= 0.3 is 0 Å². The molecule has 1 saturated heterocycles. The van der Waals surface area contributed by atoms with Crippen molar-refractivity contribution in [3.8, 4) is 22.9 Å². The Kier molecular flexibility index (Phi) is 9.32. The molecule has 1 atom stereocenters. The van der Waals surface area contributed by atoms with E-state index in [-0.39, 0.29) is 11.9 Å². The number of fused-ring (bicyclic) bond motifs is 1. The van der Waals surface area contributed by atoms with Gasteiger partial charge in [0.25, 0.3) is 0 Å². The molecule has 222 valence electrons. The predicted octanol–water partition coefficient (Wildman–Crippen LogP) is 4.62. The molecule has 0 spiro atoms. The van der Waals surface area contributed by atoms with Crippen LogP contribution >= 0.6 is 0 Å². The molecule has 3 aromatic heterocycles. The number of hydrogen-bond donors (Lipinski definition) is 1. The number of pyridine rings is 2. The van der Waals surface area contributed by atoms with E-state index < -0.39 is 14.7 Å². The number of nitrogens with zero attached hydrogens (tertiary/aromatic N) is 6. The van der Waals surface area contributed by atoms with Gasteiger partial charge < -0.3 is 19.5 Å². The van der Waals surface area contributed by atoms with Gasteiger partial charge in [-0.3, -0.25) is 14.7 Å². The van der Waals surface area contributed by atoms with Gasteiger partial charge in [0, 0.05) is 76.8 Å². The van der Waals surface area contributed by atoms with Crippen molar-refractivity contribution in [1.82, 2.24) is 29.5 Å². The molecule has 1 aliphatic rings. The third-order valence-electron chi connectivity index (χ3n) is 7.61. The lowest BCUT2D eigenvalue weighted by Gasteiger charge is -2.24. The monoisotopic (exact) mass is 588 g/mol. The van der Waals surface area contributed by atoms with Crippen LogP contribution in [0.15, 0.2) is 60.9 Å². The number of aliphatic hydroxyl groups excluding tert-OH is 1. The minimum Gasteiger partial charge on any atom is -0.439 e. The first kappa shape index (κ1) is 29.8. The Bertz CT molecular complexity index is 1500. The first-order valence-corrected chi connectivity index (χ1v) is 18.1. The molecule has 1 fully saturated rings. The van der Waals surface area contributed by atoms with Crippen LogP contribution in [0, 0.1) is 0 Å². The molecule has 1 aliphatic heterocycles. The Morgan fingerprint density at radius 3 is 2.76 bits per heavy atom. The van der Waals surface area contributed by atoms with E-state index in [1.807, 2.05) is 47.1 Å². The highest BCUT2D eigenvalue weighted by atomic mass is 28.3. The number of aromatic nitrogens is 4. The zero-order valence-corrected chi connectivity index (χ0v) is 25.9. The Labute approximate surface area is 247 Å². The van der Waals surface area contributed by atoms with Crippen LogP contribution in [0.3, 0.4) is 0 Å². The third kappa shape index (κ3) is 7.60. The number of carbonyl (C=O) groups is 1. The number of likely N-dealkylation sites (N-methyl/N-ethyl adjacent to an activating group) is 1. The summed E-state index contributed by atoms with van der Waals surface area (Å²) in [6, 6.07) is 17.0. The Hall–Kier alpha value is -3.64. The van der Waals surface area contributed by atoms with Crippen molar-refractivity contribution in [3.05, 3.63) is 66.6 Å². The number of rotatable bonds is 12. The molecule has 10 nitrogen and oxygen atoms in total. The molecular formula is C31H40N6O4Si. The van der Waals surface area contributed by atoms with E-state index in [1.54, 1.807) is 24.3 Å². The van der Waals surface area contributed by atoms with Crippen molar-refractivity contribution in [1.29, 1.82) is 0 Å². The molecule has 42 heavy (non-hydrogen) atoms. The molecule has 0 saturated carbocycles.